The molecule has 0 aromatic heterocycles. The van der Waals surface area contributed by atoms with Crippen LogP contribution in [0.5, 0.6) is 0 Å². The Morgan fingerprint density at radius 1 is 0.941 bits per heavy atom. The number of carbonyl (C=O) groups is 4. The molecule has 3 fully saturated rings. The molecule has 2 saturated carbocycles. The zero-order valence-corrected chi connectivity index (χ0v) is 30.0. The Morgan fingerprint density at radius 2 is 1.59 bits per heavy atom. The molecule has 0 bridgehead atoms. The van der Waals surface area contributed by atoms with Crippen LogP contribution in [0.1, 0.15) is 67.9 Å². The SMILES string of the molecule is C=C[C@@H]1C[C@]1(NC(=O)[C@@H]1C[C@@H](N2Cc3cccc4cccc(c34)C2)CN1C(=O)[C@@H](NC(=O)c1ccccc1)C(C)(C)C)C(=O)NS(=O)(=O)C1CC1. The molecule has 4 amide bonds. The number of amides is 4. The van der Waals surface area contributed by atoms with E-state index in [1.807, 2.05) is 32.9 Å². The van der Waals surface area contributed by atoms with Gasteiger partial charge in [0, 0.05) is 37.2 Å². The molecule has 12 heteroatoms. The summed E-state index contributed by atoms with van der Waals surface area (Å²) in [5.41, 5.74) is 0.540. The van der Waals surface area contributed by atoms with Gasteiger partial charge in [0.1, 0.15) is 17.6 Å². The van der Waals surface area contributed by atoms with Crippen LogP contribution >= 0.6 is 0 Å². The molecule has 2 aliphatic carbocycles. The summed E-state index contributed by atoms with van der Waals surface area (Å²) in [6.07, 6.45) is 3.00. The average molecular weight is 712 g/mol. The third kappa shape index (κ3) is 6.67. The van der Waals surface area contributed by atoms with E-state index in [0.717, 1.165) is 0 Å². The molecule has 4 aliphatic rings. The zero-order chi connectivity index (χ0) is 36.3. The van der Waals surface area contributed by atoms with E-state index in [4.69, 9.17) is 0 Å². The first kappa shape index (κ1) is 34.9. The number of rotatable bonds is 10. The lowest BCUT2D eigenvalue weighted by atomic mass is 9.85. The summed E-state index contributed by atoms with van der Waals surface area (Å²) in [5, 5.41) is 7.62. The molecule has 1 saturated heterocycles. The van der Waals surface area contributed by atoms with Gasteiger partial charge in [-0.15, -0.1) is 6.58 Å². The summed E-state index contributed by atoms with van der Waals surface area (Å²) >= 11 is 0. The van der Waals surface area contributed by atoms with Crippen molar-refractivity contribution in [2.75, 3.05) is 6.54 Å². The van der Waals surface area contributed by atoms with Gasteiger partial charge in [-0.2, -0.15) is 0 Å². The van der Waals surface area contributed by atoms with Crippen molar-refractivity contribution >= 4 is 44.4 Å². The average Bonchev–Trinajstić information content (AvgIpc) is 4.03. The lowest BCUT2D eigenvalue weighted by Crippen LogP contribution is -2.60. The zero-order valence-electron chi connectivity index (χ0n) is 29.2. The van der Waals surface area contributed by atoms with Gasteiger partial charge in [0.05, 0.1) is 5.25 Å². The predicted molar refractivity (Wildman–Crippen MR) is 194 cm³/mol. The van der Waals surface area contributed by atoms with Crippen LogP contribution in [0.2, 0.25) is 0 Å². The number of hydrogen-bond acceptors (Lipinski definition) is 7. The standard InChI is InChI=1S/C39H45N5O6S/c1-5-28-20-39(28,37(48)42-51(49,50)30-17-18-30)41-35(46)31-19-29(43-21-26-15-9-13-24-14-10-16-27(22-43)32(24)26)23-44(31)36(47)33(38(2,3)4)40-34(45)25-11-7-6-8-12-25/h5-16,28-31,33H,1,17-23H2,2-4H3,(H,40,45)(H,41,46)(H,42,48)/t28-,29-,31+,33-,39-/m1/s1. The Hall–Kier alpha value is -4.55. The maximum Gasteiger partial charge on any atom is 0.259 e. The number of benzene rings is 3. The summed E-state index contributed by atoms with van der Waals surface area (Å²) in [4.78, 5) is 59.9. The molecule has 0 unspecified atom stereocenters. The maximum atomic E-state index is 14.7. The van der Waals surface area contributed by atoms with E-state index in [-0.39, 0.29) is 25.4 Å². The summed E-state index contributed by atoms with van der Waals surface area (Å²) < 4.78 is 27.7. The van der Waals surface area contributed by atoms with Gasteiger partial charge in [0.15, 0.2) is 0 Å². The summed E-state index contributed by atoms with van der Waals surface area (Å²) in [6.45, 7) is 10.9. The quantitative estimate of drug-likeness (QED) is 0.273. The van der Waals surface area contributed by atoms with Crippen molar-refractivity contribution in [3.8, 4) is 0 Å². The van der Waals surface area contributed by atoms with Crippen LogP contribution in [0.3, 0.4) is 0 Å². The van der Waals surface area contributed by atoms with Gasteiger partial charge in [-0.3, -0.25) is 28.8 Å². The first-order valence-electron chi connectivity index (χ1n) is 17.6. The largest absolute Gasteiger partial charge is 0.340 e. The Morgan fingerprint density at radius 3 is 2.16 bits per heavy atom. The second-order valence-electron chi connectivity index (χ2n) is 15.6. The molecule has 51 heavy (non-hydrogen) atoms. The van der Waals surface area contributed by atoms with E-state index in [0.29, 0.717) is 31.5 Å². The van der Waals surface area contributed by atoms with Gasteiger partial charge in [-0.1, -0.05) is 81.4 Å². The van der Waals surface area contributed by atoms with Crippen LogP contribution in [0, 0.1) is 11.3 Å². The van der Waals surface area contributed by atoms with Crippen LogP contribution in [0.4, 0.5) is 0 Å². The van der Waals surface area contributed by atoms with Gasteiger partial charge in [-0.25, -0.2) is 8.42 Å². The van der Waals surface area contributed by atoms with E-state index in [2.05, 4.69) is 51.1 Å². The van der Waals surface area contributed by atoms with Crippen molar-refractivity contribution in [2.45, 2.75) is 88.5 Å². The lowest BCUT2D eigenvalue weighted by molar-refractivity contribution is -0.142. The molecule has 11 nitrogen and oxygen atoms in total. The maximum absolute atomic E-state index is 14.7. The highest BCUT2D eigenvalue weighted by Gasteiger charge is 2.62. The molecular weight excluding hydrogens is 667 g/mol. The molecule has 3 aromatic rings. The molecule has 0 spiro atoms. The Balaban J connectivity index is 1.18. The fourth-order valence-electron chi connectivity index (χ4n) is 7.73. The Kier molecular flexibility index (Phi) is 8.82. The van der Waals surface area contributed by atoms with Crippen LogP contribution in [0.25, 0.3) is 10.8 Å². The first-order chi connectivity index (χ1) is 24.2. The second kappa shape index (κ2) is 12.9. The smallest absolute Gasteiger partial charge is 0.259 e. The van der Waals surface area contributed by atoms with Crippen LogP contribution in [-0.2, 0) is 37.5 Å². The van der Waals surface area contributed by atoms with Crippen LogP contribution < -0.4 is 15.4 Å². The number of carbonyl (C=O) groups excluding carboxylic acids is 4. The minimum absolute atomic E-state index is 0.197. The molecule has 7 rings (SSSR count). The van der Waals surface area contributed by atoms with Crippen molar-refractivity contribution in [1.82, 2.24) is 25.2 Å². The molecule has 3 N–H and O–H groups in total. The molecular formula is C39H45N5O6S. The van der Waals surface area contributed by atoms with Crippen molar-refractivity contribution < 1.29 is 27.6 Å². The van der Waals surface area contributed by atoms with E-state index < -0.39 is 67.9 Å². The second-order valence-corrected chi connectivity index (χ2v) is 17.5. The topological polar surface area (TPSA) is 145 Å². The highest BCUT2D eigenvalue weighted by Crippen LogP contribution is 2.46. The van der Waals surface area contributed by atoms with Crippen molar-refractivity contribution in [1.29, 1.82) is 0 Å². The van der Waals surface area contributed by atoms with Gasteiger partial charge in [0.25, 0.3) is 11.8 Å². The fraction of sp³-hybridized carbons (Fsp3) is 0.436. The van der Waals surface area contributed by atoms with Crippen LogP contribution in [0.15, 0.2) is 79.4 Å². The number of nitrogens with one attached hydrogen (secondary N) is 3. The molecule has 0 radical (unpaired) electrons. The highest BCUT2D eigenvalue weighted by atomic mass is 32.2. The number of nitrogens with zero attached hydrogens (tertiary/aromatic N) is 2. The third-order valence-electron chi connectivity index (χ3n) is 10.9. The predicted octanol–water partition coefficient (Wildman–Crippen LogP) is 3.64. The van der Waals surface area contributed by atoms with Crippen molar-refractivity contribution in [3.63, 3.8) is 0 Å². The van der Waals surface area contributed by atoms with Crippen LogP contribution in [-0.4, -0.2) is 77.3 Å². The molecule has 5 atom stereocenters. The normalized spacial score (nSPS) is 25.2. The van der Waals surface area contributed by atoms with Gasteiger partial charge in [-0.05, 0) is 65.1 Å². The molecule has 2 aliphatic heterocycles. The van der Waals surface area contributed by atoms with E-state index in [1.54, 1.807) is 41.3 Å². The number of hydrogen-bond donors (Lipinski definition) is 3. The minimum Gasteiger partial charge on any atom is -0.340 e. The molecule has 2 heterocycles. The number of likely N-dealkylation sites (tertiary alicyclic amines) is 1. The van der Waals surface area contributed by atoms with E-state index in [1.165, 1.54) is 21.9 Å². The third-order valence-corrected chi connectivity index (χ3v) is 12.7. The van der Waals surface area contributed by atoms with E-state index in [9.17, 15) is 27.6 Å². The highest BCUT2D eigenvalue weighted by molar-refractivity contribution is 7.91. The monoisotopic (exact) mass is 711 g/mol. The van der Waals surface area contributed by atoms with Gasteiger partial charge in [0.2, 0.25) is 21.8 Å². The Labute approximate surface area is 298 Å². The first-order valence-corrected chi connectivity index (χ1v) is 19.2. The summed E-state index contributed by atoms with van der Waals surface area (Å²) in [7, 11) is -3.86. The van der Waals surface area contributed by atoms with Crippen molar-refractivity contribution in [3.05, 3.63) is 96.1 Å². The summed E-state index contributed by atoms with van der Waals surface area (Å²) in [6, 6.07) is 19.0. The lowest BCUT2D eigenvalue weighted by Gasteiger charge is -2.36. The fourth-order valence-corrected chi connectivity index (χ4v) is 9.09. The minimum atomic E-state index is -3.86. The summed E-state index contributed by atoms with van der Waals surface area (Å²) in [5.74, 6) is -2.61. The number of sulfonamides is 1. The van der Waals surface area contributed by atoms with Crippen molar-refractivity contribution in [2.24, 2.45) is 11.3 Å². The van der Waals surface area contributed by atoms with E-state index >= 15 is 0 Å². The van der Waals surface area contributed by atoms with Gasteiger partial charge < -0.3 is 15.5 Å². The Bertz CT molecular complexity index is 1980. The molecule has 268 valence electrons. The molecule has 3 aromatic carbocycles. The van der Waals surface area contributed by atoms with Gasteiger partial charge >= 0.3 is 0 Å².